The van der Waals surface area contributed by atoms with Gasteiger partial charge in [0.05, 0.1) is 16.6 Å². The molecule has 1 atom stereocenters. The summed E-state index contributed by atoms with van der Waals surface area (Å²) in [5, 5.41) is 3.43. The highest BCUT2D eigenvalue weighted by molar-refractivity contribution is 7.90. The van der Waals surface area contributed by atoms with Crippen molar-refractivity contribution in [2.75, 3.05) is 6.26 Å². The predicted molar refractivity (Wildman–Crippen MR) is 119 cm³/mol. The van der Waals surface area contributed by atoms with Gasteiger partial charge in [-0.05, 0) is 43.0 Å². The Balaban J connectivity index is 2.34. The number of hydrogen-bond acceptors (Lipinski definition) is 5. The molecule has 0 saturated heterocycles. The van der Waals surface area contributed by atoms with E-state index in [1.54, 1.807) is 12.3 Å². The van der Waals surface area contributed by atoms with E-state index >= 15 is 0 Å². The number of H-pyrrole nitrogens is 1. The average molecular weight is 433 g/mol. The molecule has 0 radical (unpaired) electrons. The van der Waals surface area contributed by atoms with Gasteiger partial charge < -0.3 is 4.98 Å². The van der Waals surface area contributed by atoms with Crippen molar-refractivity contribution in [3.05, 3.63) is 50.8 Å². The van der Waals surface area contributed by atoms with Gasteiger partial charge in [-0.15, -0.1) is 0 Å². The van der Waals surface area contributed by atoms with Crippen LogP contribution in [0.4, 0.5) is 0 Å². The summed E-state index contributed by atoms with van der Waals surface area (Å²) in [5.74, 6) is 0.139. The molecule has 0 amide bonds. The number of fused-ring (bicyclic) bond motifs is 1. The largest absolute Gasteiger partial charge is 0.329 e. The Morgan fingerprint density at radius 3 is 2.47 bits per heavy atom. The van der Waals surface area contributed by atoms with E-state index in [9.17, 15) is 18.0 Å². The van der Waals surface area contributed by atoms with Gasteiger partial charge in [0.25, 0.3) is 5.56 Å². The highest BCUT2D eigenvalue weighted by atomic mass is 32.2. The molecular formula is C21H28N4O4S. The summed E-state index contributed by atoms with van der Waals surface area (Å²) in [6.07, 6.45) is 4.75. The molecule has 1 unspecified atom stereocenters. The van der Waals surface area contributed by atoms with Crippen LogP contribution in [0, 0.1) is 0 Å². The third kappa shape index (κ3) is 3.98. The van der Waals surface area contributed by atoms with Crippen LogP contribution in [0.25, 0.3) is 22.2 Å². The smallest absolute Gasteiger partial charge is 0.307 e. The van der Waals surface area contributed by atoms with Crippen LogP contribution in [0.15, 0.2) is 34.0 Å². The van der Waals surface area contributed by atoms with Crippen molar-refractivity contribution in [3.8, 4) is 11.3 Å². The second kappa shape index (κ2) is 8.22. The molecule has 0 saturated carbocycles. The molecular weight excluding hydrogens is 404 g/mol. The van der Waals surface area contributed by atoms with Crippen molar-refractivity contribution < 1.29 is 8.42 Å². The monoisotopic (exact) mass is 432 g/mol. The number of aryl methyl sites for hydroxylation is 1. The molecule has 1 aromatic carbocycles. The Labute approximate surface area is 175 Å². The Morgan fingerprint density at radius 2 is 1.87 bits per heavy atom. The second-order valence-corrected chi connectivity index (χ2v) is 10.3. The zero-order valence-electron chi connectivity index (χ0n) is 18.0. The van der Waals surface area contributed by atoms with E-state index in [0.29, 0.717) is 5.52 Å². The Bertz CT molecular complexity index is 1300. The second-order valence-electron chi connectivity index (χ2n) is 7.97. The van der Waals surface area contributed by atoms with Gasteiger partial charge in [0, 0.05) is 24.6 Å². The first kappa shape index (κ1) is 22.0. The number of rotatable bonds is 7. The first-order valence-corrected chi connectivity index (χ1v) is 12.0. The van der Waals surface area contributed by atoms with Gasteiger partial charge in [0.1, 0.15) is 5.37 Å². The summed E-state index contributed by atoms with van der Waals surface area (Å²) >= 11 is 0. The van der Waals surface area contributed by atoms with Gasteiger partial charge in [0.15, 0.2) is 9.84 Å². The van der Waals surface area contributed by atoms with Gasteiger partial charge in [-0.25, -0.2) is 17.8 Å². The Kier molecular flexibility index (Phi) is 6.03. The highest BCUT2D eigenvalue weighted by Gasteiger charge is 2.23. The first-order chi connectivity index (χ1) is 14.1. The van der Waals surface area contributed by atoms with Gasteiger partial charge in [-0.2, -0.15) is 5.10 Å². The number of sulfone groups is 1. The van der Waals surface area contributed by atoms with Gasteiger partial charge in [-0.1, -0.05) is 27.2 Å². The van der Waals surface area contributed by atoms with Crippen LogP contribution in [0.2, 0.25) is 0 Å². The first-order valence-electron chi connectivity index (χ1n) is 10.1. The summed E-state index contributed by atoms with van der Waals surface area (Å²) in [6.45, 7) is 8.29. The van der Waals surface area contributed by atoms with E-state index in [-0.39, 0.29) is 11.3 Å². The fourth-order valence-electron chi connectivity index (χ4n) is 3.56. The summed E-state index contributed by atoms with van der Waals surface area (Å²) in [7, 11) is -3.63. The van der Waals surface area contributed by atoms with Crippen LogP contribution in [-0.4, -0.2) is 34.0 Å². The minimum absolute atomic E-state index is 0.139. The number of aromatic amines is 1. The van der Waals surface area contributed by atoms with E-state index in [2.05, 4.69) is 17.0 Å². The maximum atomic E-state index is 13.2. The molecule has 1 N–H and O–H groups in total. The third-order valence-electron chi connectivity index (χ3n) is 5.42. The van der Waals surface area contributed by atoms with Crippen molar-refractivity contribution in [1.29, 1.82) is 0 Å². The molecule has 30 heavy (non-hydrogen) atoms. The van der Waals surface area contributed by atoms with E-state index in [1.807, 2.05) is 30.7 Å². The van der Waals surface area contributed by atoms with Crippen LogP contribution in [0.5, 0.6) is 0 Å². The Hall–Kier alpha value is -2.68. The number of nitrogens with zero attached hydrogens (tertiary/aromatic N) is 3. The van der Waals surface area contributed by atoms with Crippen LogP contribution in [0.1, 0.15) is 57.4 Å². The van der Waals surface area contributed by atoms with E-state index in [1.165, 1.54) is 6.92 Å². The van der Waals surface area contributed by atoms with Gasteiger partial charge in [0.2, 0.25) is 0 Å². The normalized spacial score (nSPS) is 13.3. The van der Waals surface area contributed by atoms with Gasteiger partial charge >= 0.3 is 5.69 Å². The lowest BCUT2D eigenvalue weighted by molar-refractivity contribution is 0.552. The molecule has 0 aliphatic heterocycles. The van der Waals surface area contributed by atoms with E-state index < -0.39 is 26.5 Å². The number of hydrogen-bond donors (Lipinski definition) is 1. The molecule has 0 spiro atoms. The minimum Gasteiger partial charge on any atom is -0.307 e. The highest BCUT2D eigenvalue weighted by Crippen LogP contribution is 2.32. The standard InChI is InChI=1S/C21H28N4O4S/c1-6-7-10-24-19(8-9-22-24)16-11-17-18(12-15(16)13(2)3)23-21(27)25(20(17)26)14(4)30(5,28)29/h8-9,11-14H,6-7,10H2,1-5H3,(H,23,27). The van der Waals surface area contributed by atoms with Crippen molar-refractivity contribution >= 4 is 20.7 Å². The fraction of sp³-hybridized carbons (Fsp3) is 0.476. The molecule has 8 nitrogen and oxygen atoms in total. The van der Waals surface area contributed by atoms with Gasteiger partial charge in [-0.3, -0.25) is 9.48 Å². The maximum absolute atomic E-state index is 13.2. The van der Waals surface area contributed by atoms with Crippen LogP contribution >= 0.6 is 0 Å². The molecule has 162 valence electrons. The molecule has 0 bridgehead atoms. The lowest BCUT2D eigenvalue weighted by Gasteiger charge is -2.17. The average Bonchev–Trinajstić information content (AvgIpc) is 3.12. The minimum atomic E-state index is -3.63. The Morgan fingerprint density at radius 1 is 1.17 bits per heavy atom. The van der Waals surface area contributed by atoms with Crippen LogP contribution in [0.3, 0.4) is 0 Å². The molecule has 2 heterocycles. The summed E-state index contributed by atoms with van der Waals surface area (Å²) in [4.78, 5) is 28.4. The van der Waals surface area contributed by atoms with E-state index in [0.717, 1.165) is 47.0 Å². The topological polar surface area (TPSA) is 107 Å². The van der Waals surface area contributed by atoms with Crippen LogP contribution < -0.4 is 11.2 Å². The number of benzene rings is 1. The third-order valence-corrected chi connectivity index (χ3v) is 6.87. The predicted octanol–water partition coefficient (Wildman–Crippen LogP) is 3.04. The molecule has 9 heteroatoms. The molecule has 0 aliphatic rings. The lowest BCUT2D eigenvalue weighted by Crippen LogP contribution is -2.39. The molecule has 2 aromatic heterocycles. The summed E-state index contributed by atoms with van der Waals surface area (Å²) in [6, 6.07) is 5.46. The zero-order valence-corrected chi connectivity index (χ0v) is 18.8. The van der Waals surface area contributed by atoms with Crippen LogP contribution in [-0.2, 0) is 16.4 Å². The fourth-order valence-corrected chi connectivity index (χ4v) is 4.14. The quantitative estimate of drug-likeness (QED) is 0.617. The summed E-state index contributed by atoms with van der Waals surface area (Å²) in [5.41, 5.74) is 1.76. The van der Waals surface area contributed by atoms with Crippen molar-refractivity contribution in [2.24, 2.45) is 0 Å². The zero-order chi connectivity index (χ0) is 22.2. The molecule has 3 aromatic rings. The lowest BCUT2D eigenvalue weighted by atomic mass is 9.93. The molecule has 3 rings (SSSR count). The number of nitrogens with one attached hydrogen (secondary N) is 1. The SMILES string of the molecule is CCCCn1nccc1-c1cc2c(=O)n(C(C)S(C)(=O)=O)c(=O)[nH]c2cc1C(C)C. The number of unbranched alkanes of at least 4 members (excludes halogenated alkanes) is 1. The van der Waals surface area contributed by atoms with Crippen molar-refractivity contribution in [3.63, 3.8) is 0 Å². The van der Waals surface area contributed by atoms with Crippen molar-refractivity contribution in [2.45, 2.75) is 58.4 Å². The van der Waals surface area contributed by atoms with Crippen molar-refractivity contribution in [1.82, 2.24) is 19.3 Å². The summed E-state index contributed by atoms with van der Waals surface area (Å²) < 4.78 is 26.7. The molecule has 0 fully saturated rings. The maximum Gasteiger partial charge on any atom is 0.329 e. The van der Waals surface area contributed by atoms with E-state index in [4.69, 9.17) is 0 Å². The molecule has 0 aliphatic carbocycles. The number of aromatic nitrogens is 4.